The smallest absolute Gasteiger partial charge is 1.00 e. The van der Waals surface area contributed by atoms with Gasteiger partial charge in [0, 0.05) is 38.4 Å². The molecule has 1 N–H and O–H groups in total. The average molecular weight is 433 g/mol. The molecule has 5 nitrogen and oxygen atoms in total. The van der Waals surface area contributed by atoms with Crippen LogP contribution in [0.2, 0.25) is 0 Å². The van der Waals surface area contributed by atoms with Gasteiger partial charge in [0.25, 0.3) is 0 Å². The minimum absolute atomic E-state index is 0. The van der Waals surface area contributed by atoms with Crippen molar-refractivity contribution in [3.8, 4) is 22.6 Å². The van der Waals surface area contributed by atoms with Gasteiger partial charge >= 0.3 is 35.5 Å². The summed E-state index contributed by atoms with van der Waals surface area (Å²) in [6.07, 6.45) is 0.209. The van der Waals surface area contributed by atoms with Gasteiger partial charge in [-0.25, -0.2) is 0 Å². The van der Waals surface area contributed by atoms with E-state index >= 15 is 0 Å². The Balaban J connectivity index is 0.00000171. The van der Waals surface area contributed by atoms with Crippen LogP contribution in [-0.2, 0) is 4.79 Å². The van der Waals surface area contributed by atoms with E-state index in [1.807, 2.05) is 24.3 Å². The first-order chi connectivity index (χ1) is 14.2. The van der Waals surface area contributed by atoms with Gasteiger partial charge < -0.3 is 16.2 Å². The van der Waals surface area contributed by atoms with Crippen LogP contribution in [0.5, 0.6) is 11.5 Å². The van der Waals surface area contributed by atoms with Crippen molar-refractivity contribution in [2.24, 2.45) is 0 Å². The van der Waals surface area contributed by atoms with Crippen molar-refractivity contribution in [1.29, 1.82) is 0 Å². The molecule has 1 saturated heterocycles. The third kappa shape index (κ3) is 6.09. The Labute approximate surface area is 204 Å². The Kier molecular flexibility index (Phi) is 8.36. The number of carboxylic acids is 1. The standard InChI is InChI=1S/C23H24N2O3S.Na.H/c26-23(27)9-11-24-12-14-25(15-13-24)20-3-7-22(8-4-20)28-21-5-1-18(2-6-21)19-10-16-29-17-19;;/h1-8,10,16-17H,9,11-15H2,(H,26,27);;/q;+1;-1. The Morgan fingerprint density at radius 3 is 2.13 bits per heavy atom. The van der Waals surface area contributed by atoms with Crippen molar-refractivity contribution >= 4 is 23.0 Å². The monoisotopic (exact) mass is 432 g/mol. The molecule has 3 aromatic rings. The molecule has 1 aromatic heterocycles. The number of carboxylic acid groups (broad SMARTS) is 1. The summed E-state index contributed by atoms with van der Waals surface area (Å²) < 4.78 is 5.98. The molecule has 0 bridgehead atoms. The van der Waals surface area contributed by atoms with Crippen molar-refractivity contribution < 1.29 is 45.6 Å². The second-order valence-electron chi connectivity index (χ2n) is 7.10. The van der Waals surface area contributed by atoms with Gasteiger partial charge in [0.15, 0.2) is 0 Å². The van der Waals surface area contributed by atoms with E-state index < -0.39 is 5.97 Å². The number of aliphatic carboxylic acids is 1. The molecule has 0 spiro atoms. The van der Waals surface area contributed by atoms with Crippen LogP contribution in [0.25, 0.3) is 11.1 Å². The molecule has 0 aliphatic carbocycles. The molecule has 1 aliphatic heterocycles. The van der Waals surface area contributed by atoms with Crippen molar-refractivity contribution in [3.05, 3.63) is 65.4 Å². The number of carbonyl (C=O) groups is 1. The van der Waals surface area contributed by atoms with E-state index in [1.165, 1.54) is 16.8 Å². The van der Waals surface area contributed by atoms with Gasteiger partial charge in [-0.2, -0.15) is 11.3 Å². The first-order valence-corrected chi connectivity index (χ1v) is 10.7. The molecular weight excluding hydrogens is 407 g/mol. The quantitative estimate of drug-likeness (QED) is 0.579. The van der Waals surface area contributed by atoms with Crippen LogP contribution in [0, 0.1) is 0 Å². The zero-order valence-electron chi connectivity index (χ0n) is 18.2. The molecular formula is C23H25N2NaO3S. The second-order valence-corrected chi connectivity index (χ2v) is 7.88. The van der Waals surface area contributed by atoms with Crippen LogP contribution in [0.15, 0.2) is 65.4 Å². The van der Waals surface area contributed by atoms with Crippen molar-refractivity contribution in [2.45, 2.75) is 6.42 Å². The molecule has 2 heterocycles. The van der Waals surface area contributed by atoms with Gasteiger partial charge in [-0.05, 0) is 64.4 Å². The van der Waals surface area contributed by atoms with Gasteiger partial charge in [0.05, 0.1) is 6.42 Å². The number of nitrogens with zero attached hydrogens (tertiary/aromatic N) is 2. The number of hydrogen-bond acceptors (Lipinski definition) is 5. The fraction of sp³-hybridized carbons (Fsp3) is 0.261. The van der Waals surface area contributed by atoms with Crippen molar-refractivity contribution in [2.75, 3.05) is 37.6 Å². The summed E-state index contributed by atoms with van der Waals surface area (Å²) >= 11 is 1.70. The van der Waals surface area contributed by atoms with Gasteiger partial charge in [-0.15, -0.1) is 0 Å². The van der Waals surface area contributed by atoms with E-state index in [0.717, 1.165) is 37.7 Å². The fourth-order valence-corrected chi connectivity index (χ4v) is 4.15. The third-order valence-corrected chi connectivity index (χ3v) is 5.84. The first-order valence-electron chi connectivity index (χ1n) is 9.77. The Morgan fingerprint density at radius 1 is 0.933 bits per heavy atom. The minimum Gasteiger partial charge on any atom is -1.00 e. The molecule has 1 aliphatic rings. The number of benzene rings is 2. The number of rotatable bonds is 7. The van der Waals surface area contributed by atoms with E-state index in [0.29, 0.717) is 6.54 Å². The summed E-state index contributed by atoms with van der Waals surface area (Å²) in [6, 6.07) is 18.4. The predicted molar refractivity (Wildman–Crippen MR) is 118 cm³/mol. The molecule has 2 aromatic carbocycles. The number of piperazine rings is 1. The van der Waals surface area contributed by atoms with E-state index in [4.69, 9.17) is 9.84 Å². The Bertz CT molecular complexity index is 928. The number of thiophene rings is 1. The second kappa shape index (κ2) is 11.0. The van der Waals surface area contributed by atoms with Crippen LogP contribution in [0.1, 0.15) is 7.85 Å². The molecule has 0 saturated carbocycles. The maximum atomic E-state index is 10.7. The van der Waals surface area contributed by atoms with Gasteiger partial charge in [0.2, 0.25) is 0 Å². The molecule has 4 rings (SSSR count). The fourth-order valence-electron chi connectivity index (χ4n) is 3.49. The maximum Gasteiger partial charge on any atom is 1.00 e. The molecule has 0 atom stereocenters. The number of hydrogen-bond donors (Lipinski definition) is 1. The van der Waals surface area contributed by atoms with Crippen LogP contribution in [0.4, 0.5) is 5.69 Å². The average Bonchev–Trinajstić information content (AvgIpc) is 3.29. The third-order valence-electron chi connectivity index (χ3n) is 5.16. The van der Waals surface area contributed by atoms with Crippen LogP contribution < -0.4 is 39.2 Å². The van der Waals surface area contributed by atoms with Crippen molar-refractivity contribution in [1.82, 2.24) is 4.90 Å². The molecule has 0 unspecified atom stereocenters. The summed E-state index contributed by atoms with van der Waals surface area (Å²) in [5.74, 6) is 0.907. The van der Waals surface area contributed by atoms with Gasteiger partial charge in [-0.3, -0.25) is 9.69 Å². The normalized spacial score (nSPS) is 14.2. The first kappa shape index (κ1) is 22.8. The van der Waals surface area contributed by atoms with Crippen LogP contribution in [0.3, 0.4) is 0 Å². The maximum absolute atomic E-state index is 10.7. The Hall–Kier alpha value is -1.83. The molecule has 152 valence electrons. The topological polar surface area (TPSA) is 53.0 Å². The Morgan fingerprint density at radius 2 is 1.57 bits per heavy atom. The van der Waals surface area contributed by atoms with Crippen LogP contribution in [-0.4, -0.2) is 48.7 Å². The van der Waals surface area contributed by atoms with Crippen molar-refractivity contribution in [3.63, 3.8) is 0 Å². The number of anilines is 1. The zero-order valence-corrected chi connectivity index (χ0v) is 20.0. The largest absolute Gasteiger partial charge is 1.00 e. The summed E-state index contributed by atoms with van der Waals surface area (Å²) in [6.45, 7) is 4.22. The van der Waals surface area contributed by atoms with Crippen LogP contribution >= 0.6 is 11.3 Å². The van der Waals surface area contributed by atoms with E-state index in [2.05, 4.69) is 50.9 Å². The van der Waals surface area contributed by atoms with Gasteiger partial charge in [-0.1, -0.05) is 12.1 Å². The summed E-state index contributed by atoms with van der Waals surface area (Å²) in [5, 5.41) is 13.0. The van der Waals surface area contributed by atoms with Gasteiger partial charge in [0.1, 0.15) is 11.5 Å². The molecule has 30 heavy (non-hydrogen) atoms. The molecule has 0 amide bonds. The van der Waals surface area contributed by atoms with E-state index in [1.54, 1.807) is 11.3 Å². The van der Waals surface area contributed by atoms with E-state index in [-0.39, 0.29) is 37.4 Å². The predicted octanol–water partition coefficient (Wildman–Crippen LogP) is 1.92. The zero-order chi connectivity index (χ0) is 20.1. The SMILES string of the molecule is O=C(O)CCN1CCN(c2ccc(Oc3ccc(-c4ccsc4)cc3)cc2)CC1.[H-].[Na+]. The summed E-state index contributed by atoms with van der Waals surface area (Å²) in [7, 11) is 0. The number of ether oxygens (including phenoxy) is 1. The van der Waals surface area contributed by atoms with E-state index in [9.17, 15) is 4.79 Å². The minimum atomic E-state index is -0.732. The molecule has 7 heteroatoms. The molecule has 1 fully saturated rings. The summed E-state index contributed by atoms with van der Waals surface area (Å²) in [5.41, 5.74) is 3.59. The summed E-state index contributed by atoms with van der Waals surface area (Å²) in [4.78, 5) is 15.3. The molecule has 0 radical (unpaired) electrons.